The third-order valence-electron chi connectivity index (χ3n) is 4.34. The fourth-order valence-corrected chi connectivity index (χ4v) is 3.20. The molecule has 0 saturated carbocycles. The minimum absolute atomic E-state index is 0. The van der Waals surface area contributed by atoms with Crippen molar-refractivity contribution in [1.82, 2.24) is 10.6 Å². The van der Waals surface area contributed by atoms with Crippen LogP contribution in [0, 0.1) is 0 Å². The van der Waals surface area contributed by atoms with Crippen LogP contribution >= 0.6 is 12.4 Å². The van der Waals surface area contributed by atoms with Crippen molar-refractivity contribution in [3.63, 3.8) is 0 Å². The van der Waals surface area contributed by atoms with E-state index in [2.05, 4.69) is 21.6 Å². The van der Waals surface area contributed by atoms with Crippen molar-refractivity contribution in [1.29, 1.82) is 0 Å². The van der Waals surface area contributed by atoms with Crippen molar-refractivity contribution in [2.45, 2.75) is 31.3 Å². The van der Waals surface area contributed by atoms with E-state index in [1.54, 1.807) is 7.11 Å². The minimum atomic E-state index is 0. The summed E-state index contributed by atoms with van der Waals surface area (Å²) in [6, 6.07) is 8.27. The third kappa shape index (κ3) is 3.65. The van der Waals surface area contributed by atoms with Crippen LogP contribution in [0.15, 0.2) is 24.3 Å². The van der Waals surface area contributed by atoms with E-state index in [0.717, 1.165) is 50.3 Å². The zero-order valence-electron chi connectivity index (χ0n) is 12.9. The van der Waals surface area contributed by atoms with Crippen LogP contribution in [0.4, 0.5) is 5.69 Å². The number of methoxy groups -OCH3 is 1. The first kappa shape index (κ1) is 16.9. The van der Waals surface area contributed by atoms with Crippen LogP contribution in [0.1, 0.15) is 19.3 Å². The maximum Gasteiger partial charge on any atom is 0.237 e. The molecule has 2 saturated heterocycles. The van der Waals surface area contributed by atoms with Crippen LogP contribution in [-0.4, -0.2) is 44.7 Å². The lowest BCUT2D eigenvalue weighted by Crippen LogP contribution is -2.46. The summed E-state index contributed by atoms with van der Waals surface area (Å²) in [4.78, 5) is 14.4. The molecule has 2 fully saturated rings. The smallest absolute Gasteiger partial charge is 0.237 e. The normalized spacial score (nSPS) is 24.0. The summed E-state index contributed by atoms with van der Waals surface area (Å²) >= 11 is 0. The Balaban J connectivity index is 0.00000176. The van der Waals surface area contributed by atoms with Gasteiger partial charge in [0.1, 0.15) is 5.75 Å². The number of carbonyl (C=O) groups excluding carboxylic acids is 1. The molecule has 0 bridgehead atoms. The van der Waals surface area contributed by atoms with Crippen LogP contribution in [0.3, 0.4) is 0 Å². The van der Waals surface area contributed by atoms with E-state index in [0.29, 0.717) is 0 Å². The number of halogens is 1. The van der Waals surface area contributed by atoms with Crippen molar-refractivity contribution in [3.05, 3.63) is 24.3 Å². The van der Waals surface area contributed by atoms with E-state index >= 15 is 0 Å². The number of para-hydroxylation sites is 2. The summed E-state index contributed by atoms with van der Waals surface area (Å²) in [6.45, 7) is 2.75. The van der Waals surface area contributed by atoms with Crippen LogP contribution in [0.2, 0.25) is 0 Å². The van der Waals surface area contributed by atoms with Crippen LogP contribution in [0.5, 0.6) is 5.75 Å². The highest BCUT2D eigenvalue weighted by Gasteiger charge is 2.29. The monoisotopic (exact) mass is 325 g/mol. The summed E-state index contributed by atoms with van der Waals surface area (Å²) in [7, 11) is 1.69. The van der Waals surface area contributed by atoms with Crippen molar-refractivity contribution >= 4 is 24.0 Å². The second kappa shape index (κ2) is 7.70. The minimum Gasteiger partial charge on any atom is -0.495 e. The first-order valence-corrected chi connectivity index (χ1v) is 7.69. The van der Waals surface area contributed by atoms with E-state index < -0.39 is 0 Å². The number of nitrogens with one attached hydrogen (secondary N) is 2. The van der Waals surface area contributed by atoms with Gasteiger partial charge in [-0.05, 0) is 37.9 Å². The van der Waals surface area contributed by atoms with Gasteiger partial charge in [-0.3, -0.25) is 4.79 Å². The topological polar surface area (TPSA) is 53.6 Å². The summed E-state index contributed by atoms with van der Waals surface area (Å²) < 4.78 is 5.42. The molecule has 5 nitrogen and oxygen atoms in total. The Morgan fingerprint density at radius 2 is 2.18 bits per heavy atom. The van der Waals surface area contributed by atoms with E-state index in [9.17, 15) is 4.79 Å². The zero-order valence-corrected chi connectivity index (χ0v) is 13.7. The molecular formula is C16H24ClN3O2. The Morgan fingerprint density at radius 3 is 2.91 bits per heavy atom. The summed E-state index contributed by atoms with van der Waals surface area (Å²) in [6.07, 6.45) is 3.03. The van der Waals surface area contributed by atoms with Crippen molar-refractivity contribution in [2.75, 3.05) is 31.6 Å². The molecule has 0 radical (unpaired) electrons. The van der Waals surface area contributed by atoms with Crippen molar-refractivity contribution in [2.24, 2.45) is 0 Å². The fourth-order valence-electron chi connectivity index (χ4n) is 3.20. The summed E-state index contributed by atoms with van der Waals surface area (Å²) in [5.41, 5.74) is 1.11. The number of carbonyl (C=O) groups is 1. The Kier molecular flexibility index (Phi) is 5.91. The molecule has 2 N–H and O–H groups in total. The van der Waals surface area contributed by atoms with E-state index in [1.807, 2.05) is 18.2 Å². The van der Waals surface area contributed by atoms with Gasteiger partial charge in [-0.1, -0.05) is 12.1 Å². The molecule has 22 heavy (non-hydrogen) atoms. The highest BCUT2D eigenvalue weighted by molar-refractivity contribution is 5.85. The lowest BCUT2D eigenvalue weighted by atomic mass is 10.2. The summed E-state index contributed by atoms with van der Waals surface area (Å²) in [5.74, 6) is 1.04. The SMILES string of the molecule is COc1ccccc1N1CCC(NC(=O)C2CCCN2)C1.Cl. The Labute approximate surface area is 137 Å². The van der Waals surface area contributed by atoms with Gasteiger partial charge in [0.2, 0.25) is 5.91 Å². The maximum absolute atomic E-state index is 12.2. The number of hydrogen-bond acceptors (Lipinski definition) is 4. The molecule has 1 aromatic carbocycles. The number of ether oxygens (including phenoxy) is 1. The first-order valence-electron chi connectivity index (χ1n) is 7.69. The predicted molar refractivity (Wildman–Crippen MR) is 90.0 cm³/mol. The van der Waals surface area contributed by atoms with Crippen molar-refractivity contribution in [3.8, 4) is 5.75 Å². The predicted octanol–water partition coefficient (Wildman–Crippen LogP) is 1.56. The van der Waals surface area contributed by atoms with Gasteiger partial charge < -0.3 is 20.3 Å². The number of benzene rings is 1. The standard InChI is InChI=1S/C16H23N3O2.ClH/c1-21-15-7-3-2-6-14(15)19-10-8-12(11-19)18-16(20)13-5-4-9-17-13;/h2-3,6-7,12-13,17H,4-5,8-11H2,1H3,(H,18,20);1H. The molecule has 122 valence electrons. The third-order valence-corrected chi connectivity index (χ3v) is 4.34. The lowest BCUT2D eigenvalue weighted by Gasteiger charge is -2.22. The quantitative estimate of drug-likeness (QED) is 0.882. The second-order valence-corrected chi connectivity index (χ2v) is 5.76. The van der Waals surface area contributed by atoms with Gasteiger partial charge in [-0.2, -0.15) is 0 Å². The molecule has 6 heteroatoms. The fraction of sp³-hybridized carbons (Fsp3) is 0.562. The van der Waals surface area contributed by atoms with Crippen LogP contribution in [0.25, 0.3) is 0 Å². The lowest BCUT2D eigenvalue weighted by molar-refractivity contribution is -0.123. The molecule has 2 heterocycles. The van der Waals surface area contributed by atoms with Crippen LogP contribution < -0.4 is 20.3 Å². The van der Waals surface area contributed by atoms with Crippen molar-refractivity contribution < 1.29 is 9.53 Å². The molecular weight excluding hydrogens is 302 g/mol. The average Bonchev–Trinajstić information content (AvgIpc) is 3.18. The molecule has 0 aliphatic carbocycles. The number of anilines is 1. The molecule has 1 aromatic rings. The highest BCUT2D eigenvalue weighted by atomic mass is 35.5. The van der Waals surface area contributed by atoms with Gasteiger partial charge in [0, 0.05) is 19.1 Å². The molecule has 3 rings (SSSR count). The van der Waals surface area contributed by atoms with Gasteiger partial charge in [-0.25, -0.2) is 0 Å². The Hall–Kier alpha value is -1.46. The highest BCUT2D eigenvalue weighted by Crippen LogP contribution is 2.30. The largest absolute Gasteiger partial charge is 0.495 e. The molecule has 0 aromatic heterocycles. The Bertz CT molecular complexity index is 506. The van der Waals surface area contributed by atoms with Gasteiger partial charge in [0.25, 0.3) is 0 Å². The summed E-state index contributed by atoms with van der Waals surface area (Å²) in [5, 5.41) is 6.42. The van der Waals surface area contributed by atoms with E-state index in [1.165, 1.54) is 0 Å². The second-order valence-electron chi connectivity index (χ2n) is 5.76. The maximum atomic E-state index is 12.2. The first-order chi connectivity index (χ1) is 10.3. The molecule has 2 aliphatic heterocycles. The number of rotatable bonds is 4. The van der Waals surface area contributed by atoms with Gasteiger partial charge in [-0.15, -0.1) is 12.4 Å². The number of hydrogen-bond donors (Lipinski definition) is 2. The van der Waals surface area contributed by atoms with Gasteiger partial charge in [0.05, 0.1) is 18.8 Å². The van der Waals surface area contributed by atoms with Gasteiger partial charge in [0.15, 0.2) is 0 Å². The molecule has 2 aliphatic rings. The van der Waals surface area contributed by atoms with E-state index in [-0.39, 0.29) is 30.4 Å². The average molecular weight is 326 g/mol. The molecule has 1 amide bonds. The Morgan fingerprint density at radius 1 is 1.36 bits per heavy atom. The molecule has 2 atom stereocenters. The van der Waals surface area contributed by atoms with E-state index in [4.69, 9.17) is 4.74 Å². The van der Waals surface area contributed by atoms with Gasteiger partial charge >= 0.3 is 0 Å². The number of nitrogens with zero attached hydrogens (tertiary/aromatic N) is 1. The number of amides is 1. The molecule has 0 spiro atoms. The zero-order chi connectivity index (χ0) is 14.7. The molecule has 2 unspecified atom stereocenters. The van der Waals surface area contributed by atoms with Crippen LogP contribution in [-0.2, 0) is 4.79 Å².